The number of hydrogen-bond acceptors (Lipinski definition) is 5. The molecule has 0 bridgehead atoms. The summed E-state index contributed by atoms with van der Waals surface area (Å²) < 4.78 is 139. The molecule has 2 aromatic rings. The lowest BCUT2D eigenvalue weighted by Gasteiger charge is -2.32. The van der Waals surface area contributed by atoms with Gasteiger partial charge < -0.3 is 9.80 Å². The van der Waals surface area contributed by atoms with Crippen molar-refractivity contribution in [3.63, 3.8) is 0 Å². The quantitative estimate of drug-likeness (QED) is 0.587. The predicted molar refractivity (Wildman–Crippen MR) is 124 cm³/mol. The summed E-state index contributed by atoms with van der Waals surface area (Å²) in [5.74, 6) is 0. The van der Waals surface area contributed by atoms with Gasteiger partial charge in [0.15, 0.2) is 0 Å². The van der Waals surface area contributed by atoms with E-state index in [0.29, 0.717) is 15.4 Å². The van der Waals surface area contributed by atoms with E-state index in [9.17, 15) is 8.42 Å². The fraction of sp³-hybridized carbons (Fsp3) is 0.391. The predicted octanol–water partition coefficient (Wildman–Crippen LogP) is 3.47. The zero-order valence-corrected chi connectivity index (χ0v) is 17.5. The van der Waals surface area contributed by atoms with E-state index in [0.717, 1.165) is 28.8 Å². The maximum absolute atomic E-state index is 13.4. The molecule has 0 aliphatic carbocycles. The molecule has 1 saturated heterocycles. The van der Waals surface area contributed by atoms with Crippen LogP contribution in [0.2, 0.25) is 0 Å². The Morgan fingerprint density at radius 2 is 1.90 bits per heavy atom. The van der Waals surface area contributed by atoms with Crippen LogP contribution < -0.4 is 0 Å². The van der Waals surface area contributed by atoms with Crippen molar-refractivity contribution >= 4 is 27.4 Å². The van der Waals surface area contributed by atoms with Crippen molar-refractivity contribution in [3.8, 4) is 0 Å². The molecule has 0 saturated carbocycles. The lowest BCUT2D eigenvalue weighted by atomic mass is 9.96. The molecule has 2 aliphatic rings. The molecule has 30 heavy (non-hydrogen) atoms. The Morgan fingerprint density at radius 1 is 1.13 bits per heavy atom. The summed E-state index contributed by atoms with van der Waals surface area (Å²) in [6.45, 7) is -12.8. The van der Waals surface area contributed by atoms with Crippen LogP contribution >= 0.6 is 11.8 Å². The van der Waals surface area contributed by atoms with Gasteiger partial charge in [0.1, 0.15) is 0 Å². The summed E-state index contributed by atoms with van der Waals surface area (Å²) in [6.07, 6.45) is -3.03. The molecule has 0 amide bonds. The van der Waals surface area contributed by atoms with Crippen molar-refractivity contribution < 1.29 is 27.6 Å². The van der Waals surface area contributed by atoms with Crippen LogP contribution in [0.4, 0.5) is 0 Å². The number of nitrogens with zero attached hydrogens (tertiary/aromatic N) is 3. The minimum absolute atomic E-state index is 0.0253. The minimum Gasteiger partial charge on any atom is -0.304 e. The first-order valence-corrected chi connectivity index (χ1v) is 11.4. The van der Waals surface area contributed by atoms with Crippen molar-refractivity contribution in [2.24, 2.45) is 0 Å². The maximum atomic E-state index is 13.4. The fourth-order valence-electron chi connectivity index (χ4n) is 3.21. The van der Waals surface area contributed by atoms with E-state index >= 15 is 0 Å². The molecule has 0 radical (unpaired) electrons. The summed E-state index contributed by atoms with van der Waals surface area (Å²) in [5.41, 5.74) is 0.110. The van der Waals surface area contributed by atoms with E-state index in [1.54, 1.807) is 24.3 Å². The van der Waals surface area contributed by atoms with E-state index in [-0.39, 0.29) is 37.3 Å². The van der Waals surface area contributed by atoms with Gasteiger partial charge in [-0.15, -0.1) is 0 Å². The zero-order valence-electron chi connectivity index (χ0n) is 29.8. The highest BCUT2D eigenvalue weighted by Crippen LogP contribution is 2.46. The third-order valence-corrected chi connectivity index (χ3v) is 7.30. The van der Waals surface area contributed by atoms with Gasteiger partial charge in [0.05, 0.1) is 6.27 Å². The van der Waals surface area contributed by atoms with Crippen LogP contribution in [-0.2, 0) is 10.0 Å². The van der Waals surface area contributed by atoms with Crippen molar-refractivity contribution in [3.05, 3.63) is 59.6 Å². The number of piperazine rings is 1. The monoisotopic (exact) mass is 457 g/mol. The van der Waals surface area contributed by atoms with Crippen LogP contribution in [0, 0.1) is 0 Å². The molecule has 5 nitrogen and oxygen atoms in total. The van der Waals surface area contributed by atoms with Crippen LogP contribution in [0.5, 0.6) is 0 Å². The molecular weight excluding hydrogens is 414 g/mol. The fourth-order valence-corrected chi connectivity index (χ4v) is 5.00. The van der Waals surface area contributed by atoms with E-state index in [4.69, 9.17) is 19.2 Å². The molecule has 1 fully saturated rings. The highest BCUT2D eigenvalue weighted by Gasteiger charge is 2.25. The lowest BCUT2D eigenvalue weighted by Crippen LogP contribution is -2.44. The largest absolute Gasteiger partial charge is 0.304 e. The first-order valence-electron chi connectivity index (χ1n) is 16.1. The van der Waals surface area contributed by atoms with Gasteiger partial charge in [-0.25, -0.2) is 12.7 Å². The number of hydrogen-bond donors (Lipinski definition) is 0. The molecule has 2 aliphatic heterocycles. The van der Waals surface area contributed by atoms with Crippen LogP contribution in [-0.4, -0.2) is 76.1 Å². The second kappa shape index (κ2) is 8.85. The van der Waals surface area contributed by atoms with Gasteiger partial charge in [0, 0.05) is 74.2 Å². The average molecular weight is 458 g/mol. The van der Waals surface area contributed by atoms with Gasteiger partial charge in [-0.1, -0.05) is 36.0 Å². The Balaban J connectivity index is 1.88. The van der Waals surface area contributed by atoms with Crippen molar-refractivity contribution in [1.29, 1.82) is 0 Å². The van der Waals surface area contributed by atoms with Crippen molar-refractivity contribution in [1.82, 2.24) is 14.1 Å². The molecule has 7 heteroatoms. The Morgan fingerprint density at radius 3 is 2.67 bits per heavy atom. The third-order valence-electron chi connectivity index (χ3n) is 4.82. The number of sulfonamides is 1. The molecule has 0 aromatic heterocycles. The normalized spacial score (nSPS) is 28.6. The van der Waals surface area contributed by atoms with Gasteiger partial charge in [0.25, 0.3) is 0 Å². The Labute approximate surface area is 204 Å². The maximum Gasteiger partial charge on any atom is 0.242 e. The second-order valence-corrected chi connectivity index (χ2v) is 9.61. The van der Waals surface area contributed by atoms with Crippen LogP contribution in [0.3, 0.4) is 0 Å². The van der Waals surface area contributed by atoms with E-state index < -0.39 is 59.1 Å². The van der Waals surface area contributed by atoms with E-state index in [1.165, 1.54) is 11.0 Å². The van der Waals surface area contributed by atoms with Gasteiger partial charge in [-0.05, 0) is 54.3 Å². The smallest absolute Gasteiger partial charge is 0.242 e. The number of fused-ring (bicyclic) bond motifs is 2. The molecule has 4 rings (SSSR count). The standard InChI is InChI=1S/C23H29N3O2S2/c1-24(2)30(27,28)18-10-11-23-21(17-18)19(20-7-4-5-9-22(20)29-23)8-6-12-26-15-13-25(3)14-16-26/h4-5,7-11,17H,6,12-16H2,1-3H3/b19-8-/i1D3,2D3,3D3,6D2,8D,12D2. The summed E-state index contributed by atoms with van der Waals surface area (Å²) in [6, 6.07) is 8.99. The van der Waals surface area contributed by atoms with Crippen LogP contribution in [0.25, 0.3) is 5.57 Å². The zero-order chi connectivity index (χ0) is 33.3. The molecule has 2 heterocycles. The molecule has 160 valence electrons. The van der Waals surface area contributed by atoms with Gasteiger partial charge in [-0.3, -0.25) is 0 Å². The molecule has 0 N–H and O–H groups in total. The topological polar surface area (TPSA) is 43.9 Å². The summed E-state index contributed by atoms with van der Waals surface area (Å²) in [5, 5.41) is 0. The van der Waals surface area contributed by atoms with Crippen molar-refractivity contribution in [2.45, 2.75) is 21.1 Å². The van der Waals surface area contributed by atoms with E-state index in [1.807, 2.05) is 0 Å². The molecule has 2 aromatic carbocycles. The third kappa shape index (κ3) is 4.36. The number of benzene rings is 2. The number of likely N-dealkylation sites (N-methyl/N-ethyl adjacent to an activating group) is 1. The Kier molecular flexibility index (Phi) is 3.04. The van der Waals surface area contributed by atoms with Gasteiger partial charge in [0.2, 0.25) is 10.0 Å². The first kappa shape index (κ1) is 10.3. The Bertz CT molecular complexity index is 1550. The summed E-state index contributed by atoms with van der Waals surface area (Å²) in [7, 11) is -5.19. The molecular formula is C23H29N3O2S2. The van der Waals surface area contributed by atoms with Gasteiger partial charge in [-0.2, -0.15) is 0 Å². The Hall–Kier alpha value is -1.64. The first-order chi connectivity index (χ1) is 19.9. The summed E-state index contributed by atoms with van der Waals surface area (Å²) in [4.78, 5) is 2.48. The highest BCUT2D eigenvalue weighted by molar-refractivity contribution is 7.99. The van der Waals surface area contributed by atoms with Crippen LogP contribution in [0.15, 0.2) is 63.2 Å². The summed E-state index contributed by atoms with van der Waals surface area (Å²) >= 11 is 1.16. The minimum atomic E-state index is -5.19. The SMILES string of the molecule is [2H]/C(=C1\c2ccccc2Sc2ccc(S(=O)(=O)N(C([2H])([2H])[2H])C([2H])([2H])[2H])cc21)C([2H])([2H])C([2H])([2H])N1CCN(C([2H])([2H])[2H])CC1. The highest BCUT2D eigenvalue weighted by atomic mass is 32.2. The lowest BCUT2D eigenvalue weighted by molar-refractivity contribution is 0.156. The van der Waals surface area contributed by atoms with Crippen LogP contribution in [0.1, 0.15) is 36.7 Å². The molecule has 0 atom stereocenters. The molecule has 0 spiro atoms. The molecule has 0 unspecified atom stereocenters. The average Bonchev–Trinajstić information content (AvgIpc) is 2.88. The second-order valence-electron chi connectivity index (χ2n) is 6.74. The number of rotatable bonds is 5. The van der Waals surface area contributed by atoms with Gasteiger partial charge >= 0.3 is 0 Å². The van der Waals surface area contributed by atoms with Crippen molar-refractivity contribution in [2.75, 3.05) is 53.6 Å². The van der Waals surface area contributed by atoms with E-state index in [2.05, 4.69) is 0 Å².